The maximum absolute atomic E-state index is 14.3. The fraction of sp³-hybridized carbons (Fsp3) is 0.105. The molecule has 5 heteroatoms. The van der Waals surface area contributed by atoms with Crippen LogP contribution in [0.1, 0.15) is 13.0 Å². The summed E-state index contributed by atoms with van der Waals surface area (Å²) in [6, 6.07) is 10.1. The number of nitrogens with zero attached hydrogens (tertiary/aromatic N) is 1. The van der Waals surface area contributed by atoms with E-state index in [-0.39, 0.29) is 18.7 Å². The van der Waals surface area contributed by atoms with Crippen molar-refractivity contribution in [1.29, 1.82) is 0 Å². The summed E-state index contributed by atoms with van der Waals surface area (Å²) >= 11 is 0. The predicted octanol–water partition coefficient (Wildman–Crippen LogP) is 5.92. The zero-order valence-electron chi connectivity index (χ0n) is 12.1. The van der Waals surface area contributed by atoms with Crippen LogP contribution in [0.25, 0.3) is 22.4 Å². The Morgan fingerprint density at radius 2 is 1.25 bits per heavy atom. The lowest BCUT2D eigenvalue weighted by Gasteiger charge is -2.07. The third-order valence-corrected chi connectivity index (χ3v) is 3.48. The van der Waals surface area contributed by atoms with Gasteiger partial charge in [-0.2, -0.15) is 0 Å². The van der Waals surface area contributed by atoms with E-state index in [1.165, 1.54) is 12.3 Å². The Morgan fingerprint density at radius 1 is 0.708 bits per heavy atom. The van der Waals surface area contributed by atoms with E-state index in [0.29, 0.717) is 5.56 Å². The van der Waals surface area contributed by atoms with Crippen LogP contribution in [0.2, 0.25) is 0 Å². The van der Waals surface area contributed by atoms with Crippen molar-refractivity contribution in [2.45, 2.75) is 14.4 Å². The van der Waals surface area contributed by atoms with Gasteiger partial charge in [-0.15, -0.1) is 0 Å². The Kier molecular flexibility index (Phi) is 5.02. The quantitative estimate of drug-likeness (QED) is 0.419. The minimum Gasteiger partial charge on any atom is -0.253 e. The van der Waals surface area contributed by atoms with E-state index in [1.54, 1.807) is 0 Å². The van der Waals surface area contributed by atoms with Crippen LogP contribution in [0.3, 0.4) is 0 Å². The fourth-order valence-electron chi connectivity index (χ4n) is 2.25. The molecule has 3 aromatic rings. The Balaban J connectivity index is 0.00000208. The zero-order chi connectivity index (χ0) is 16.6. The number of halogens is 4. The summed E-state index contributed by atoms with van der Waals surface area (Å²) in [5.74, 6) is -5.11. The highest BCUT2D eigenvalue weighted by Gasteiger charge is 2.15. The Morgan fingerprint density at radius 3 is 1.79 bits per heavy atom. The normalized spacial score (nSPS) is 10.4. The molecule has 1 heterocycles. The summed E-state index contributed by atoms with van der Waals surface area (Å²) in [5.41, 5.74) is 1.98. The SMILES string of the molecule is C.Cc1ccc(-c2cnc(-c3cc(F)c(F)c(F)c3)c(F)c2)cc1. The molecule has 0 amide bonds. The summed E-state index contributed by atoms with van der Waals surface area (Å²) < 4.78 is 53.8. The van der Waals surface area contributed by atoms with Crippen molar-refractivity contribution < 1.29 is 17.6 Å². The number of rotatable bonds is 2. The van der Waals surface area contributed by atoms with Crippen LogP contribution >= 0.6 is 0 Å². The second-order valence-corrected chi connectivity index (χ2v) is 5.17. The molecule has 24 heavy (non-hydrogen) atoms. The van der Waals surface area contributed by atoms with E-state index in [0.717, 1.165) is 23.3 Å². The molecular weight excluding hydrogens is 318 g/mol. The second kappa shape index (κ2) is 6.83. The maximum atomic E-state index is 14.3. The molecule has 3 rings (SSSR count). The summed E-state index contributed by atoms with van der Waals surface area (Å²) in [6.07, 6.45) is 1.41. The molecule has 0 aliphatic heterocycles. The molecule has 124 valence electrons. The highest BCUT2D eigenvalue weighted by atomic mass is 19.2. The monoisotopic (exact) mass is 333 g/mol. The minimum absolute atomic E-state index is 0. The minimum atomic E-state index is -1.59. The lowest BCUT2D eigenvalue weighted by molar-refractivity contribution is 0.447. The lowest BCUT2D eigenvalue weighted by Crippen LogP contribution is -1.96. The Hall–Kier alpha value is -2.69. The molecule has 0 atom stereocenters. The molecule has 0 bridgehead atoms. The van der Waals surface area contributed by atoms with Gasteiger partial charge < -0.3 is 0 Å². The second-order valence-electron chi connectivity index (χ2n) is 5.17. The van der Waals surface area contributed by atoms with E-state index in [9.17, 15) is 17.6 Å². The molecule has 0 unspecified atom stereocenters. The van der Waals surface area contributed by atoms with Gasteiger partial charge >= 0.3 is 0 Å². The number of hydrogen-bond acceptors (Lipinski definition) is 1. The van der Waals surface area contributed by atoms with Gasteiger partial charge in [0.15, 0.2) is 17.5 Å². The first-order valence-corrected chi connectivity index (χ1v) is 6.83. The van der Waals surface area contributed by atoms with Crippen LogP contribution in [0, 0.1) is 30.2 Å². The van der Waals surface area contributed by atoms with E-state index in [1.807, 2.05) is 31.2 Å². The topological polar surface area (TPSA) is 12.9 Å². The molecule has 1 aromatic heterocycles. The highest BCUT2D eigenvalue weighted by molar-refractivity contribution is 5.67. The van der Waals surface area contributed by atoms with Gasteiger partial charge in [-0.1, -0.05) is 37.3 Å². The summed E-state index contributed by atoms with van der Waals surface area (Å²) in [4.78, 5) is 3.93. The molecule has 0 aliphatic carbocycles. The molecule has 0 saturated heterocycles. The summed E-state index contributed by atoms with van der Waals surface area (Å²) in [7, 11) is 0. The van der Waals surface area contributed by atoms with Crippen LogP contribution < -0.4 is 0 Å². The van der Waals surface area contributed by atoms with Crippen molar-refractivity contribution in [3.8, 4) is 22.4 Å². The first-order valence-electron chi connectivity index (χ1n) is 6.83. The van der Waals surface area contributed by atoms with Gasteiger partial charge in [-0.05, 0) is 30.7 Å². The third-order valence-electron chi connectivity index (χ3n) is 3.48. The first-order chi connectivity index (χ1) is 11.0. The average molecular weight is 333 g/mol. The molecule has 0 radical (unpaired) electrons. The van der Waals surface area contributed by atoms with Gasteiger partial charge in [0.25, 0.3) is 0 Å². The van der Waals surface area contributed by atoms with Crippen molar-refractivity contribution in [2.75, 3.05) is 0 Å². The Labute approximate surface area is 137 Å². The van der Waals surface area contributed by atoms with Crippen molar-refractivity contribution in [3.63, 3.8) is 0 Å². The van der Waals surface area contributed by atoms with Crippen molar-refractivity contribution in [1.82, 2.24) is 4.98 Å². The number of aromatic nitrogens is 1. The largest absolute Gasteiger partial charge is 0.253 e. The standard InChI is InChI=1S/C18H11F4N.CH4/c1-10-2-4-11(5-3-10)13-8-16(21)18(23-9-13)12-6-14(19)17(22)15(20)7-12;/h2-9H,1H3;1H4. The predicted molar refractivity (Wildman–Crippen MR) is 86.4 cm³/mol. The van der Waals surface area contributed by atoms with E-state index >= 15 is 0 Å². The third kappa shape index (κ3) is 3.30. The Bertz CT molecular complexity index is 850. The van der Waals surface area contributed by atoms with Crippen molar-refractivity contribution in [2.24, 2.45) is 0 Å². The van der Waals surface area contributed by atoms with Gasteiger partial charge in [-0.3, -0.25) is 4.98 Å². The van der Waals surface area contributed by atoms with Gasteiger partial charge in [0.2, 0.25) is 0 Å². The van der Waals surface area contributed by atoms with Crippen molar-refractivity contribution >= 4 is 0 Å². The number of aryl methyl sites for hydroxylation is 1. The van der Waals surface area contributed by atoms with Gasteiger partial charge in [0, 0.05) is 17.3 Å². The van der Waals surface area contributed by atoms with Gasteiger partial charge in [-0.25, -0.2) is 17.6 Å². The highest BCUT2D eigenvalue weighted by Crippen LogP contribution is 2.27. The summed E-state index contributed by atoms with van der Waals surface area (Å²) in [5, 5.41) is 0. The van der Waals surface area contributed by atoms with Crippen LogP contribution in [-0.2, 0) is 0 Å². The zero-order valence-corrected chi connectivity index (χ0v) is 12.1. The van der Waals surface area contributed by atoms with Gasteiger partial charge in [0.05, 0.1) is 0 Å². The molecule has 0 N–H and O–H groups in total. The van der Waals surface area contributed by atoms with Crippen LogP contribution in [0.5, 0.6) is 0 Å². The number of benzene rings is 2. The number of hydrogen-bond donors (Lipinski definition) is 0. The molecular formula is C19H15F4N. The van der Waals surface area contributed by atoms with E-state index in [2.05, 4.69) is 4.98 Å². The molecule has 0 aliphatic rings. The van der Waals surface area contributed by atoms with Gasteiger partial charge in [0.1, 0.15) is 11.5 Å². The molecule has 1 nitrogen and oxygen atoms in total. The molecule has 0 saturated carbocycles. The van der Waals surface area contributed by atoms with E-state index < -0.39 is 23.3 Å². The average Bonchev–Trinajstić information content (AvgIpc) is 2.53. The smallest absolute Gasteiger partial charge is 0.194 e. The lowest BCUT2D eigenvalue weighted by atomic mass is 10.0. The summed E-state index contributed by atoms with van der Waals surface area (Å²) in [6.45, 7) is 1.93. The van der Waals surface area contributed by atoms with Crippen LogP contribution in [-0.4, -0.2) is 4.98 Å². The van der Waals surface area contributed by atoms with E-state index in [4.69, 9.17) is 0 Å². The molecule has 0 fully saturated rings. The van der Waals surface area contributed by atoms with Crippen molar-refractivity contribution in [3.05, 3.63) is 77.5 Å². The molecule has 0 spiro atoms. The first kappa shape index (κ1) is 17.7. The fourth-order valence-corrected chi connectivity index (χ4v) is 2.25. The number of pyridine rings is 1. The maximum Gasteiger partial charge on any atom is 0.194 e. The molecule has 2 aromatic carbocycles. The van der Waals surface area contributed by atoms with Crippen LogP contribution in [0.4, 0.5) is 17.6 Å². The van der Waals surface area contributed by atoms with Crippen LogP contribution in [0.15, 0.2) is 48.7 Å².